The van der Waals surface area contributed by atoms with Crippen molar-refractivity contribution in [1.29, 1.82) is 0 Å². The van der Waals surface area contributed by atoms with Gasteiger partial charge in [0.05, 0.1) is 6.61 Å². The van der Waals surface area contributed by atoms with E-state index in [1.165, 1.54) is 5.56 Å². The van der Waals surface area contributed by atoms with Crippen LogP contribution < -0.4 is 10.1 Å². The number of nitrogens with zero attached hydrogens (tertiary/aromatic N) is 1. The monoisotopic (exact) mass is 276 g/mol. The second-order valence-electron chi connectivity index (χ2n) is 6.52. The van der Waals surface area contributed by atoms with E-state index in [0.29, 0.717) is 6.61 Å². The number of pyridine rings is 1. The zero-order valence-electron chi connectivity index (χ0n) is 13.8. The van der Waals surface area contributed by atoms with Gasteiger partial charge < -0.3 is 10.1 Å². The average molecular weight is 276 g/mol. The number of ether oxygens (including phenoxy) is 1. The van der Waals surface area contributed by atoms with Gasteiger partial charge >= 0.3 is 0 Å². The van der Waals surface area contributed by atoms with Crippen LogP contribution in [0.2, 0.25) is 0 Å². The van der Waals surface area contributed by atoms with Gasteiger partial charge in [-0.25, -0.2) is 4.98 Å². The van der Waals surface area contributed by atoms with Crippen LogP contribution >= 0.6 is 0 Å². The number of rotatable bonds is 6. The summed E-state index contributed by atoms with van der Waals surface area (Å²) in [4.78, 5) is 4.54. The summed E-state index contributed by atoms with van der Waals surface area (Å²) in [5.74, 6) is 0.750. The summed E-state index contributed by atoms with van der Waals surface area (Å²) < 4.78 is 5.86. The quantitative estimate of drug-likeness (QED) is 0.799. The molecule has 3 heteroatoms. The van der Waals surface area contributed by atoms with E-state index in [9.17, 15) is 0 Å². The molecular weight excluding hydrogens is 248 g/mol. The Balaban J connectivity index is 2.87. The molecule has 0 saturated heterocycles. The molecule has 3 nitrogen and oxygen atoms in total. The third kappa shape index (κ3) is 5.74. The molecule has 0 aliphatic heterocycles. The predicted octanol–water partition coefficient (Wildman–Crippen LogP) is 3.93. The van der Waals surface area contributed by atoms with E-state index in [1.807, 2.05) is 13.8 Å². The van der Waals surface area contributed by atoms with Crippen molar-refractivity contribution in [2.75, 3.05) is 6.61 Å². The summed E-state index contributed by atoms with van der Waals surface area (Å²) in [5.41, 5.74) is 4.56. The van der Waals surface area contributed by atoms with Crippen molar-refractivity contribution in [2.24, 2.45) is 0 Å². The van der Waals surface area contributed by atoms with Crippen LogP contribution in [0.25, 0.3) is 0 Å². The summed E-state index contributed by atoms with van der Waals surface area (Å²) in [7, 11) is 0. The van der Waals surface area contributed by atoms with E-state index in [4.69, 9.17) is 4.74 Å². The van der Waals surface area contributed by atoms with E-state index in [2.05, 4.69) is 50.6 Å². The molecule has 1 heterocycles. The molecule has 0 unspecified atom stereocenters. The fourth-order valence-corrected chi connectivity index (χ4v) is 1.84. The average Bonchev–Trinajstić information content (AvgIpc) is 2.25. The predicted molar refractivity (Wildman–Crippen MR) is 85.2 cm³/mol. The van der Waals surface area contributed by atoms with Crippen LogP contribution in [-0.2, 0) is 6.54 Å². The van der Waals surface area contributed by atoms with Crippen LogP contribution in [0.5, 0.6) is 5.88 Å². The molecule has 1 aromatic rings. The third-order valence-corrected chi connectivity index (χ3v) is 3.00. The van der Waals surface area contributed by atoms with Gasteiger partial charge in [-0.3, -0.25) is 0 Å². The van der Waals surface area contributed by atoms with E-state index in [-0.39, 0.29) is 5.54 Å². The van der Waals surface area contributed by atoms with Gasteiger partial charge in [0, 0.05) is 29.8 Å². The number of aromatic nitrogens is 1. The summed E-state index contributed by atoms with van der Waals surface area (Å²) >= 11 is 0. The molecule has 0 bridgehead atoms. The molecule has 0 aliphatic carbocycles. The van der Waals surface area contributed by atoms with E-state index < -0.39 is 0 Å². The zero-order chi connectivity index (χ0) is 15.3. The lowest BCUT2D eigenvalue weighted by atomic mass is 10.1. The molecule has 0 aliphatic rings. The molecule has 1 rings (SSSR count). The second kappa shape index (κ2) is 6.89. The number of aryl methyl sites for hydroxylation is 2. The van der Waals surface area contributed by atoms with Crippen molar-refractivity contribution in [3.63, 3.8) is 0 Å². The highest BCUT2D eigenvalue weighted by Gasteiger charge is 2.14. The smallest absolute Gasteiger partial charge is 0.218 e. The van der Waals surface area contributed by atoms with Crippen LogP contribution in [0.3, 0.4) is 0 Å². The molecule has 0 fully saturated rings. The van der Waals surface area contributed by atoms with Gasteiger partial charge in [-0.05, 0) is 53.2 Å². The first-order valence-electron chi connectivity index (χ1n) is 7.18. The minimum atomic E-state index is 0.0757. The van der Waals surface area contributed by atoms with E-state index >= 15 is 0 Å². The molecule has 0 spiro atoms. The number of hydrogen-bond acceptors (Lipinski definition) is 3. The first-order chi connectivity index (χ1) is 9.19. The maximum Gasteiger partial charge on any atom is 0.218 e. The minimum Gasteiger partial charge on any atom is -0.477 e. The lowest BCUT2D eigenvalue weighted by molar-refractivity contribution is 0.301. The van der Waals surface area contributed by atoms with Crippen LogP contribution in [-0.4, -0.2) is 17.1 Å². The van der Waals surface area contributed by atoms with Crippen LogP contribution in [0.4, 0.5) is 0 Å². The van der Waals surface area contributed by atoms with Crippen molar-refractivity contribution in [2.45, 2.75) is 60.0 Å². The highest BCUT2D eigenvalue weighted by molar-refractivity contribution is 5.36. The highest BCUT2D eigenvalue weighted by Crippen LogP contribution is 2.22. The molecule has 0 atom stereocenters. The highest BCUT2D eigenvalue weighted by atomic mass is 16.5. The molecule has 20 heavy (non-hydrogen) atoms. The summed E-state index contributed by atoms with van der Waals surface area (Å²) in [5, 5.41) is 3.50. The van der Waals surface area contributed by atoms with Crippen LogP contribution in [0, 0.1) is 13.8 Å². The minimum absolute atomic E-state index is 0.0757. The van der Waals surface area contributed by atoms with Crippen LogP contribution in [0.1, 0.15) is 50.9 Å². The summed E-state index contributed by atoms with van der Waals surface area (Å²) in [6, 6.07) is 2.10. The summed E-state index contributed by atoms with van der Waals surface area (Å²) in [6.45, 7) is 17.9. The van der Waals surface area contributed by atoms with Crippen molar-refractivity contribution in [1.82, 2.24) is 10.3 Å². The summed E-state index contributed by atoms with van der Waals surface area (Å²) in [6.07, 6.45) is 0.862. The second-order valence-corrected chi connectivity index (χ2v) is 6.52. The molecule has 0 amide bonds. The molecule has 1 aromatic heterocycles. The van der Waals surface area contributed by atoms with Gasteiger partial charge in [0.25, 0.3) is 0 Å². The van der Waals surface area contributed by atoms with Gasteiger partial charge in [0.2, 0.25) is 5.88 Å². The first kappa shape index (κ1) is 16.7. The molecule has 0 aromatic carbocycles. The normalized spacial score (nSPS) is 11.5. The van der Waals surface area contributed by atoms with Gasteiger partial charge in [0.1, 0.15) is 0 Å². The fraction of sp³-hybridized carbons (Fsp3) is 0.588. The molecule has 112 valence electrons. The van der Waals surface area contributed by atoms with Gasteiger partial charge in [-0.15, -0.1) is 6.58 Å². The van der Waals surface area contributed by atoms with Crippen LogP contribution in [0.15, 0.2) is 18.2 Å². The molecule has 0 saturated carbocycles. The Hall–Kier alpha value is -1.35. The third-order valence-electron chi connectivity index (χ3n) is 3.00. The van der Waals surface area contributed by atoms with Crippen molar-refractivity contribution in [3.05, 3.63) is 35.0 Å². The Morgan fingerprint density at radius 1 is 1.35 bits per heavy atom. The Labute approximate surface area is 123 Å². The first-order valence-corrected chi connectivity index (χ1v) is 7.18. The molecular formula is C17H28N2O. The topological polar surface area (TPSA) is 34.1 Å². The van der Waals surface area contributed by atoms with Crippen molar-refractivity contribution < 1.29 is 4.74 Å². The van der Waals surface area contributed by atoms with Gasteiger partial charge in [0.15, 0.2) is 0 Å². The van der Waals surface area contributed by atoms with E-state index in [0.717, 1.165) is 35.7 Å². The largest absolute Gasteiger partial charge is 0.477 e. The Bertz CT molecular complexity index is 473. The Morgan fingerprint density at radius 3 is 2.55 bits per heavy atom. The fourth-order valence-electron chi connectivity index (χ4n) is 1.84. The maximum absolute atomic E-state index is 5.86. The molecule has 1 N–H and O–H groups in total. The SMILES string of the molecule is C=C(C)CCOc1nc(C)cc(C)c1CNC(C)(C)C. The standard InChI is InChI=1S/C17H28N2O/c1-12(2)8-9-20-16-15(11-18-17(5,6)7)13(3)10-14(4)19-16/h10,18H,1,8-9,11H2,2-7H3. The zero-order valence-corrected chi connectivity index (χ0v) is 13.8. The lowest BCUT2D eigenvalue weighted by Gasteiger charge is -2.22. The molecule has 0 radical (unpaired) electrons. The van der Waals surface area contributed by atoms with Crippen molar-refractivity contribution >= 4 is 0 Å². The number of hydrogen-bond donors (Lipinski definition) is 1. The van der Waals surface area contributed by atoms with Gasteiger partial charge in [-0.2, -0.15) is 0 Å². The Morgan fingerprint density at radius 2 is 2.00 bits per heavy atom. The van der Waals surface area contributed by atoms with E-state index in [1.54, 1.807) is 0 Å². The van der Waals surface area contributed by atoms with Gasteiger partial charge in [-0.1, -0.05) is 5.57 Å². The number of nitrogens with one attached hydrogen (secondary N) is 1. The van der Waals surface area contributed by atoms with Crippen molar-refractivity contribution in [3.8, 4) is 5.88 Å². The Kier molecular flexibility index (Phi) is 5.75. The lowest BCUT2D eigenvalue weighted by Crippen LogP contribution is -2.35. The maximum atomic E-state index is 5.86.